The Hall–Kier alpha value is -0.800. The van der Waals surface area contributed by atoms with Gasteiger partial charge in [-0.3, -0.25) is 4.79 Å². The van der Waals surface area contributed by atoms with Gasteiger partial charge in [0, 0.05) is 24.0 Å². The molecule has 0 aromatic heterocycles. The first-order chi connectivity index (χ1) is 15.9. The molecule has 0 aromatic rings. The fourth-order valence-electron chi connectivity index (χ4n) is 5.63. The van der Waals surface area contributed by atoms with Crippen LogP contribution in [0.2, 0.25) is 0 Å². The van der Waals surface area contributed by atoms with Crippen LogP contribution in [0.3, 0.4) is 0 Å². The zero-order valence-corrected chi connectivity index (χ0v) is 21.3. The summed E-state index contributed by atoms with van der Waals surface area (Å²) in [6, 6.07) is -0.741. The number of carbonyl (C=O) groups excluding carboxylic acids is 1. The van der Waals surface area contributed by atoms with E-state index in [-0.39, 0.29) is 29.8 Å². The Balaban J connectivity index is 0.00000149. The van der Waals surface area contributed by atoms with Gasteiger partial charge < -0.3 is 19.7 Å². The van der Waals surface area contributed by atoms with Crippen LogP contribution in [0.5, 0.6) is 0 Å². The first-order valence-electron chi connectivity index (χ1n) is 12.6. The molecule has 0 radical (unpaired) electrons. The topological polar surface area (TPSA) is 109 Å². The van der Waals surface area contributed by atoms with Crippen molar-refractivity contribution in [3.8, 4) is 0 Å². The van der Waals surface area contributed by atoms with Crippen LogP contribution in [0, 0.1) is 22.7 Å². The molecule has 0 bridgehead atoms. The van der Waals surface area contributed by atoms with Crippen molar-refractivity contribution in [2.75, 3.05) is 18.1 Å². The van der Waals surface area contributed by atoms with Gasteiger partial charge >= 0.3 is 0 Å². The van der Waals surface area contributed by atoms with E-state index < -0.39 is 24.4 Å². The lowest BCUT2D eigenvalue weighted by atomic mass is 9.84. The maximum absolute atomic E-state index is 13.0. The number of ketones is 1. The molecule has 2 unspecified atom stereocenters. The maximum Gasteiger partial charge on any atom is 0.162 e. The Labute approximate surface area is 202 Å². The van der Waals surface area contributed by atoms with Crippen LogP contribution < -0.4 is 0 Å². The highest BCUT2D eigenvalue weighted by Crippen LogP contribution is 2.43. The molecule has 7 nitrogen and oxygen atoms in total. The van der Waals surface area contributed by atoms with E-state index in [2.05, 4.69) is 5.18 Å². The fraction of sp³-hybridized carbons (Fsp3) is 0.880. The van der Waals surface area contributed by atoms with Crippen LogP contribution in [0.1, 0.15) is 66.2 Å². The monoisotopic (exact) mass is 483 g/mol. The molecule has 188 valence electrons. The van der Waals surface area contributed by atoms with Crippen molar-refractivity contribution < 1.29 is 24.5 Å². The quantitative estimate of drug-likeness (QED) is 0.321. The van der Waals surface area contributed by atoms with Gasteiger partial charge in [-0.25, -0.2) is 0 Å². The number of thioether (sulfide) groups is 1. The summed E-state index contributed by atoms with van der Waals surface area (Å²) in [5, 5.41) is 23.6. The summed E-state index contributed by atoms with van der Waals surface area (Å²) in [6.45, 7) is 8.04. The average molecular weight is 484 g/mol. The zero-order valence-electron chi connectivity index (χ0n) is 20.4. The second-order valence-corrected chi connectivity index (χ2v) is 11.0. The molecular weight excluding hydrogens is 442 g/mol. The average Bonchev–Trinajstić information content (AvgIpc) is 3.50. The van der Waals surface area contributed by atoms with Crippen LogP contribution in [0.25, 0.3) is 0 Å². The number of ether oxygens (including phenoxy) is 2. The predicted octanol–water partition coefficient (Wildman–Crippen LogP) is 3.89. The molecule has 0 spiro atoms. The molecular formula is C25H41NO6S. The molecule has 1 aliphatic carbocycles. The van der Waals surface area contributed by atoms with Gasteiger partial charge in [-0.05, 0) is 63.2 Å². The minimum absolute atomic E-state index is 0.00780. The summed E-state index contributed by atoms with van der Waals surface area (Å²) in [7, 11) is 0. The van der Waals surface area contributed by atoms with E-state index in [0.717, 1.165) is 35.5 Å². The van der Waals surface area contributed by atoms with E-state index in [1.807, 2.05) is 32.5 Å². The number of nitrogens with zero attached hydrogens (tertiary/aromatic N) is 1. The van der Waals surface area contributed by atoms with E-state index in [0.29, 0.717) is 31.8 Å². The third-order valence-corrected chi connectivity index (χ3v) is 8.68. The van der Waals surface area contributed by atoms with Crippen LogP contribution in [0.4, 0.5) is 0 Å². The van der Waals surface area contributed by atoms with E-state index in [1.165, 1.54) is 6.42 Å². The number of nitroso groups, excluding NO2 is 1. The molecule has 33 heavy (non-hydrogen) atoms. The van der Waals surface area contributed by atoms with E-state index in [1.54, 1.807) is 6.92 Å². The van der Waals surface area contributed by atoms with Gasteiger partial charge in [0.1, 0.15) is 12.1 Å². The number of allylic oxidation sites excluding steroid dienone is 1. The lowest BCUT2D eigenvalue weighted by Gasteiger charge is -2.37. The van der Waals surface area contributed by atoms with Crippen LogP contribution in [0.15, 0.2) is 16.3 Å². The second-order valence-electron chi connectivity index (χ2n) is 9.87. The molecule has 2 N–H and O–H groups in total. The highest BCUT2D eigenvalue weighted by molar-refractivity contribution is 7.99. The lowest BCUT2D eigenvalue weighted by Crippen LogP contribution is -2.49. The number of fused-ring (bicyclic) bond motifs is 1. The van der Waals surface area contributed by atoms with Crippen molar-refractivity contribution in [1.29, 1.82) is 0 Å². The Morgan fingerprint density at radius 1 is 1.27 bits per heavy atom. The number of aliphatic hydroxyl groups is 2. The summed E-state index contributed by atoms with van der Waals surface area (Å²) in [5.74, 6) is 2.73. The first-order valence-corrected chi connectivity index (χ1v) is 13.8. The number of carbonyl (C=O) groups is 1. The highest BCUT2D eigenvalue weighted by atomic mass is 32.2. The number of hydrogen-bond donors (Lipinski definition) is 2. The standard InChI is InChI=1S/C23H35NO6S.C2H6/c1-12(16-8-14-4-3-5-31-11-17(14)22(16)26)6-20-23(27)21(24-28)15(10-29-20)9-19-18(30-19)7-13(2)25;1-2/h13-15,17-21,23,25,27H,3-11H2,1-2H3;1-2H3/b16-12+;/t13-,14?,15-,17?,18-,19-,20-,21+,23-;/m0./s1. The molecule has 0 amide bonds. The van der Waals surface area contributed by atoms with Crippen LogP contribution in [-0.4, -0.2) is 70.7 Å². The van der Waals surface area contributed by atoms with Gasteiger partial charge in [0.15, 0.2) is 5.78 Å². The normalized spacial score (nSPS) is 40.7. The number of Topliss-reactive ketones (excluding diaryl/α,β-unsaturated/α-hetero) is 1. The Morgan fingerprint density at radius 3 is 2.73 bits per heavy atom. The van der Waals surface area contributed by atoms with Gasteiger partial charge in [-0.2, -0.15) is 16.7 Å². The van der Waals surface area contributed by atoms with Gasteiger partial charge in [-0.15, -0.1) is 0 Å². The SMILES string of the molecule is C/C(C[C@@H]1OC[C@H](C[C@@H]2O[C@H]2C[C@H](C)O)[C@@H](N=O)[C@H]1O)=C1/CC2CCCSCC2C1=O.CC. The van der Waals surface area contributed by atoms with Gasteiger partial charge in [0.2, 0.25) is 0 Å². The lowest BCUT2D eigenvalue weighted by molar-refractivity contribution is -0.118. The highest BCUT2D eigenvalue weighted by Gasteiger charge is 2.47. The van der Waals surface area contributed by atoms with Gasteiger partial charge in [0.05, 0.1) is 31.0 Å². The minimum atomic E-state index is -0.988. The number of hydrogen-bond acceptors (Lipinski definition) is 8. The number of rotatable bonds is 7. The van der Waals surface area contributed by atoms with Gasteiger partial charge in [-0.1, -0.05) is 24.6 Å². The number of aliphatic hydroxyl groups excluding tert-OH is 2. The van der Waals surface area contributed by atoms with Crippen LogP contribution in [-0.2, 0) is 14.3 Å². The molecule has 4 aliphatic rings. The molecule has 9 atom stereocenters. The molecule has 3 aliphatic heterocycles. The predicted molar refractivity (Wildman–Crippen MR) is 130 cm³/mol. The summed E-state index contributed by atoms with van der Waals surface area (Å²) < 4.78 is 11.6. The first kappa shape index (κ1) is 26.8. The smallest absolute Gasteiger partial charge is 0.162 e. The molecule has 0 aromatic carbocycles. The van der Waals surface area contributed by atoms with Gasteiger partial charge in [0.25, 0.3) is 0 Å². The van der Waals surface area contributed by atoms with Crippen molar-refractivity contribution in [3.05, 3.63) is 16.1 Å². The summed E-state index contributed by atoms with van der Waals surface area (Å²) in [6.07, 6.45) is 2.81. The van der Waals surface area contributed by atoms with Crippen LogP contribution >= 0.6 is 11.8 Å². The minimum Gasteiger partial charge on any atom is -0.393 e. The van der Waals surface area contributed by atoms with Crippen molar-refractivity contribution >= 4 is 17.5 Å². The molecule has 3 heterocycles. The van der Waals surface area contributed by atoms with Crippen molar-refractivity contribution in [2.45, 2.75) is 103 Å². The summed E-state index contributed by atoms with van der Waals surface area (Å²) in [5.41, 5.74) is 1.90. The number of epoxide rings is 1. The third kappa shape index (κ3) is 6.45. The Kier molecular flexibility index (Phi) is 9.95. The van der Waals surface area contributed by atoms with E-state index in [4.69, 9.17) is 9.47 Å². The largest absolute Gasteiger partial charge is 0.393 e. The molecule has 4 fully saturated rings. The Bertz CT molecular complexity index is 713. The van der Waals surface area contributed by atoms with E-state index >= 15 is 0 Å². The Morgan fingerprint density at radius 2 is 2.03 bits per heavy atom. The molecule has 1 saturated carbocycles. The van der Waals surface area contributed by atoms with Crippen molar-refractivity contribution in [2.24, 2.45) is 22.9 Å². The van der Waals surface area contributed by atoms with E-state index in [9.17, 15) is 19.9 Å². The third-order valence-electron chi connectivity index (χ3n) is 7.51. The molecule has 4 rings (SSSR count). The zero-order chi connectivity index (χ0) is 24.1. The summed E-state index contributed by atoms with van der Waals surface area (Å²) >= 11 is 1.88. The maximum atomic E-state index is 13.0. The summed E-state index contributed by atoms with van der Waals surface area (Å²) in [4.78, 5) is 24.6. The second kappa shape index (κ2) is 12.2. The molecule has 3 saturated heterocycles. The fourth-order valence-corrected chi connectivity index (χ4v) is 6.85. The van der Waals surface area contributed by atoms with Crippen molar-refractivity contribution in [1.82, 2.24) is 0 Å². The van der Waals surface area contributed by atoms with Crippen molar-refractivity contribution in [3.63, 3.8) is 0 Å². The molecule has 8 heteroatoms.